The third kappa shape index (κ3) is 7.90. The zero-order valence-corrected chi connectivity index (χ0v) is 15.3. The molecule has 0 aliphatic carbocycles. The van der Waals surface area contributed by atoms with E-state index < -0.39 is 23.3 Å². The molecule has 0 aliphatic rings. The molecule has 6 heteroatoms. The van der Waals surface area contributed by atoms with Crippen LogP contribution in [0.5, 0.6) is 0 Å². The molecule has 1 N–H and O–H groups in total. The molecule has 0 aliphatic heterocycles. The van der Waals surface area contributed by atoms with E-state index in [9.17, 15) is 19.5 Å². The number of ketones is 1. The third-order valence-corrected chi connectivity index (χ3v) is 4.16. The van der Waals surface area contributed by atoms with Gasteiger partial charge in [0.2, 0.25) is 5.60 Å². The van der Waals surface area contributed by atoms with Crippen molar-refractivity contribution in [2.45, 2.75) is 83.2 Å². The van der Waals surface area contributed by atoms with Gasteiger partial charge in [-0.1, -0.05) is 64.7 Å². The van der Waals surface area contributed by atoms with Gasteiger partial charge in [-0.15, -0.1) is 0 Å². The summed E-state index contributed by atoms with van der Waals surface area (Å²) >= 11 is 0. The van der Waals surface area contributed by atoms with E-state index in [-0.39, 0.29) is 6.42 Å². The second kappa shape index (κ2) is 12.9. The molecule has 0 fully saturated rings. The zero-order valence-electron chi connectivity index (χ0n) is 15.3. The lowest BCUT2D eigenvalue weighted by Crippen LogP contribution is -2.51. The van der Waals surface area contributed by atoms with Gasteiger partial charge < -0.3 is 14.6 Å². The highest BCUT2D eigenvalue weighted by Crippen LogP contribution is 2.20. The second-order valence-electron chi connectivity index (χ2n) is 6.10. The van der Waals surface area contributed by atoms with Crippen molar-refractivity contribution in [3.05, 3.63) is 0 Å². The van der Waals surface area contributed by atoms with Crippen molar-refractivity contribution in [1.82, 2.24) is 0 Å². The van der Waals surface area contributed by atoms with Crippen LogP contribution in [0.2, 0.25) is 0 Å². The average Bonchev–Trinajstić information content (AvgIpc) is 2.60. The Kier molecular flexibility index (Phi) is 12.2. The number of unbranched alkanes of at least 4 members (excludes halogenated alkanes) is 9. The molecule has 0 saturated heterocycles. The highest BCUT2D eigenvalue weighted by atomic mass is 16.5. The number of aliphatic hydroxyl groups is 1. The van der Waals surface area contributed by atoms with E-state index in [1.807, 2.05) is 0 Å². The van der Waals surface area contributed by atoms with Gasteiger partial charge in [0.1, 0.15) is 0 Å². The molecule has 24 heavy (non-hydrogen) atoms. The summed E-state index contributed by atoms with van der Waals surface area (Å²) in [5, 5.41) is 10.2. The molecule has 0 amide bonds. The number of ether oxygens (including phenoxy) is 2. The van der Waals surface area contributed by atoms with Crippen LogP contribution in [0.3, 0.4) is 0 Å². The number of methoxy groups -OCH3 is 2. The van der Waals surface area contributed by atoms with E-state index in [1.54, 1.807) is 0 Å². The average molecular weight is 344 g/mol. The summed E-state index contributed by atoms with van der Waals surface area (Å²) in [5.74, 6) is -3.63. The molecule has 0 unspecified atom stereocenters. The first-order chi connectivity index (χ1) is 11.4. The van der Waals surface area contributed by atoms with E-state index in [0.29, 0.717) is 6.42 Å². The highest BCUT2D eigenvalue weighted by Gasteiger charge is 2.48. The van der Waals surface area contributed by atoms with Crippen molar-refractivity contribution in [2.75, 3.05) is 14.2 Å². The van der Waals surface area contributed by atoms with E-state index in [0.717, 1.165) is 33.5 Å². The van der Waals surface area contributed by atoms with Crippen molar-refractivity contribution >= 4 is 17.7 Å². The van der Waals surface area contributed by atoms with Gasteiger partial charge in [-0.05, 0) is 12.8 Å². The number of carbonyl (C=O) groups is 3. The maximum atomic E-state index is 11.9. The first-order valence-electron chi connectivity index (χ1n) is 8.87. The van der Waals surface area contributed by atoms with Crippen molar-refractivity contribution in [3.8, 4) is 0 Å². The number of hydrogen-bond acceptors (Lipinski definition) is 6. The topological polar surface area (TPSA) is 89.9 Å². The number of hydrogen-bond donors (Lipinski definition) is 1. The van der Waals surface area contributed by atoms with Crippen LogP contribution in [0.15, 0.2) is 0 Å². The number of carbonyl (C=O) groups excluding carboxylic acids is 3. The summed E-state index contributed by atoms with van der Waals surface area (Å²) in [4.78, 5) is 34.9. The van der Waals surface area contributed by atoms with Crippen LogP contribution < -0.4 is 0 Å². The summed E-state index contributed by atoms with van der Waals surface area (Å²) < 4.78 is 8.75. The van der Waals surface area contributed by atoms with Crippen LogP contribution in [0, 0.1) is 0 Å². The summed E-state index contributed by atoms with van der Waals surface area (Å²) in [6.45, 7) is 2.19. The Balaban J connectivity index is 4.11. The number of Topliss-reactive ketones (excluding diaryl/α,β-unsaturated/α-hetero) is 1. The van der Waals surface area contributed by atoms with E-state index in [2.05, 4.69) is 16.4 Å². The molecule has 0 rings (SSSR count). The first kappa shape index (κ1) is 22.6. The van der Waals surface area contributed by atoms with Crippen molar-refractivity contribution < 1.29 is 29.0 Å². The fourth-order valence-corrected chi connectivity index (χ4v) is 2.61. The van der Waals surface area contributed by atoms with Gasteiger partial charge in [-0.3, -0.25) is 4.79 Å². The molecule has 0 bridgehead atoms. The maximum Gasteiger partial charge on any atom is 0.378 e. The molecule has 0 aromatic heterocycles. The third-order valence-electron chi connectivity index (χ3n) is 4.16. The van der Waals surface area contributed by atoms with Gasteiger partial charge in [0.25, 0.3) is 5.78 Å². The molecule has 0 aromatic rings. The summed E-state index contributed by atoms with van der Waals surface area (Å²) in [6.07, 6.45) is 10.7. The van der Waals surface area contributed by atoms with Crippen LogP contribution in [-0.4, -0.2) is 42.6 Å². The number of esters is 2. The molecule has 0 radical (unpaired) electrons. The van der Waals surface area contributed by atoms with Crippen LogP contribution in [0.1, 0.15) is 77.6 Å². The van der Waals surface area contributed by atoms with E-state index >= 15 is 0 Å². The molecular formula is C18H32O6. The lowest BCUT2D eigenvalue weighted by Gasteiger charge is -2.22. The first-order valence-corrected chi connectivity index (χ1v) is 8.87. The molecule has 0 saturated carbocycles. The van der Waals surface area contributed by atoms with Gasteiger partial charge in [0, 0.05) is 0 Å². The van der Waals surface area contributed by atoms with E-state index in [1.165, 1.54) is 38.5 Å². The summed E-state index contributed by atoms with van der Waals surface area (Å²) in [6, 6.07) is 0. The Morgan fingerprint density at radius 2 is 1.25 bits per heavy atom. The van der Waals surface area contributed by atoms with Gasteiger partial charge in [0.05, 0.1) is 14.2 Å². The predicted molar refractivity (Wildman–Crippen MR) is 90.4 cm³/mol. The van der Waals surface area contributed by atoms with Gasteiger partial charge in [-0.2, -0.15) is 0 Å². The van der Waals surface area contributed by atoms with Gasteiger partial charge in [0.15, 0.2) is 0 Å². The monoisotopic (exact) mass is 344 g/mol. The minimum Gasteiger partial charge on any atom is -0.467 e. The van der Waals surface area contributed by atoms with E-state index in [4.69, 9.17) is 0 Å². The molecular weight excluding hydrogens is 312 g/mol. The number of rotatable bonds is 14. The quantitative estimate of drug-likeness (QED) is 0.225. The normalized spacial score (nSPS) is 13.2. The Morgan fingerprint density at radius 1 is 0.792 bits per heavy atom. The lowest BCUT2D eigenvalue weighted by atomic mass is 9.91. The fourth-order valence-electron chi connectivity index (χ4n) is 2.61. The Labute approximate surface area is 144 Å². The summed E-state index contributed by atoms with van der Waals surface area (Å²) in [7, 11) is 2.09. The largest absolute Gasteiger partial charge is 0.467 e. The summed E-state index contributed by atoms with van der Waals surface area (Å²) in [5.41, 5.74) is -2.44. The van der Waals surface area contributed by atoms with Crippen LogP contribution in [0.25, 0.3) is 0 Å². The zero-order chi connectivity index (χ0) is 18.4. The molecule has 1 atom stereocenters. The smallest absolute Gasteiger partial charge is 0.378 e. The van der Waals surface area contributed by atoms with Crippen molar-refractivity contribution in [1.29, 1.82) is 0 Å². The van der Waals surface area contributed by atoms with Gasteiger partial charge >= 0.3 is 11.9 Å². The van der Waals surface area contributed by atoms with Gasteiger partial charge in [-0.25, -0.2) is 9.59 Å². The minimum absolute atomic E-state index is 0.135. The molecule has 140 valence electrons. The SMILES string of the molecule is CCCCCCCCCCCC[C@](O)(C(=O)OC)C(=O)C(=O)OC. The maximum absolute atomic E-state index is 11.9. The molecule has 6 nitrogen and oxygen atoms in total. The van der Waals surface area contributed by atoms with Crippen LogP contribution in [-0.2, 0) is 23.9 Å². The second-order valence-corrected chi connectivity index (χ2v) is 6.10. The molecule has 0 aromatic carbocycles. The Hall–Kier alpha value is -1.43. The predicted octanol–water partition coefficient (Wildman–Crippen LogP) is 2.94. The molecule has 0 heterocycles. The highest BCUT2D eigenvalue weighted by molar-refractivity contribution is 6.41. The Bertz CT molecular complexity index is 393. The van der Waals surface area contributed by atoms with Crippen LogP contribution in [0.4, 0.5) is 0 Å². The molecule has 0 spiro atoms. The minimum atomic E-state index is -2.44. The standard InChI is InChI=1S/C18H32O6/c1-4-5-6-7-8-9-10-11-12-13-14-18(22,17(21)24-3)15(19)16(20)23-2/h22H,4-14H2,1-3H3/t18-/m1/s1. The lowest BCUT2D eigenvalue weighted by molar-refractivity contribution is -0.175. The van der Waals surface area contributed by atoms with Crippen LogP contribution >= 0.6 is 0 Å². The van der Waals surface area contributed by atoms with Crippen molar-refractivity contribution in [2.24, 2.45) is 0 Å². The Morgan fingerprint density at radius 3 is 1.67 bits per heavy atom. The fraction of sp³-hybridized carbons (Fsp3) is 0.833. The van der Waals surface area contributed by atoms with Crippen molar-refractivity contribution in [3.63, 3.8) is 0 Å².